The number of hydrogen-bond acceptors (Lipinski definition) is 3. The van der Waals surface area contributed by atoms with Crippen LogP contribution in [-0.2, 0) is 9.53 Å². The zero-order valence-electron chi connectivity index (χ0n) is 8.63. The molecule has 2 fully saturated rings. The van der Waals surface area contributed by atoms with Crippen LogP contribution in [0.3, 0.4) is 0 Å². The van der Waals surface area contributed by atoms with E-state index in [-0.39, 0.29) is 18.1 Å². The Bertz CT molecular complexity index is 193. The van der Waals surface area contributed by atoms with E-state index in [2.05, 4.69) is 5.32 Å². The van der Waals surface area contributed by atoms with Gasteiger partial charge in [0.15, 0.2) is 0 Å². The quantitative estimate of drug-likeness (QED) is 0.683. The first-order valence-electron chi connectivity index (χ1n) is 5.80. The predicted molar refractivity (Wildman–Crippen MR) is 54.0 cm³/mol. The summed E-state index contributed by atoms with van der Waals surface area (Å²) in [5.74, 6) is -0.0191. The number of carbonyl (C=O) groups is 1. The Morgan fingerprint density at radius 3 is 2.50 bits per heavy atom. The molecule has 14 heavy (non-hydrogen) atoms. The second kappa shape index (κ2) is 4.78. The molecule has 1 aliphatic carbocycles. The van der Waals surface area contributed by atoms with E-state index in [1.54, 1.807) is 0 Å². The smallest absolute Gasteiger partial charge is 0.323 e. The highest BCUT2D eigenvalue weighted by Gasteiger charge is 2.26. The summed E-state index contributed by atoms with van der Waals surface area (Å²) in [7, 11) is 0. The van der Waals surface area contributed by atoms with E-state index >= 15 is 0 Å². The van der Waals surface area contributed by atoms with Crippen LogP contribution in [0.4, 0.5) is 0 Å². The molecule has 0 aromatic carbocycles. The van der Waals surface area contributed by atoms with Gasteiger partial charge >= 0.3 is 5.97 Å². The molecule has 0 bridgehead atoms. The van der Waals surface area contributed by atoms with Gasteiger partial charge in [-0.1, -0.05) is 6.42 Å². The average molecular weight is 197 g/mol. The van der Waals surface area contributed by atoms with Gasteiger partial charge in [0.1, 0.15) is 12.1 Å². The molecule has 0 aromatic rings. The van der Waals surface area contributed by atoms with Gasteiger partial charge in [-0.3, -0.25) is 4.79 Å². The van der Waals surface area contributed by atoms with Crippen LogP contribution in [0.5, 0.6) is 0 Å². The summed E-state index contributed by atoms with van der Waals surface area (Å²) in [6.07, 6.45) is 8.13. The van der Waals surface area contributed by atoms with Gasteiger partial charge in [-0.15, -0.1) is 0 Å². The maximum atomic E-state index is 11.6. The van der Waals surface area contributed by atoms with Gasteiger partial charge in [0.2, 0.25) is 0 Å². The highest BCUT2D eigenvalue weighted by atomic mass is 16.5. The Morgan fingerprint density at radius 2 is 1.86 bits per heavy atom. The van der Waals surface area contributed by atoms with Crippen LogP contribution in [0.15, 0.2) is 0 Å². The third kappa shape index (κ3) is 2.47. The molecule has 3 heteroatoms. The normalized spacial score (nSPS) is 29.0. The van der Waals surface area contributed by atoms with Crippen LogP contribution in [0.1, 0.15) is 44.9 Å². The van der Waals surface area contributed by atoms with Crippen LogP contribution in [0.2, 0.25) is 0 Å². The summed E-state index contributed by atoms with van der Waals surface area (Å²) in [5.41, 5.74) is 0. The monoisotopic (exact) mass is 197 g/mol. The van der Waals surface area contributed by atoms with Gasteiger partial charge in [-0.2, -0.15) is 0 Å². The van der Waals surface area contributed by atoms with E-state index in [9.17, 15) is 4.79 Å². The minimum absolute atomic E-state index is 0.0167. The minimum Gasteiger partial charge on any atom is -0.461 e. The van der Waals surface area contributed by atoms with Crippen LogP contribution >= 0.6 is 0 Å². The molecule has 80 valence electrons. The first kappa shape index (κ1) is 9.97. The molecule has 1 aliphatic heterocycles. The standard InChI is InChI=1S/C11H19NO2/c13-11(10-7-4-8-12-10)14-9-5-2-1-3-6-9/h9-10,12H,1-8H2. The molecule has 2 aliphatic rings. The summed E-state index contributed by atoms with van der Waals surface area (Å²) in [5, 5.41) is 3.17. The molecule has 1 N–H and O–H groups in total. The Balaban J connectivity index is 1.75. The van der Waals surface area contributed by atoms with Crippen molar-refractivity contribution in [3.05, 3.63) is 0 Å². The number of ether oxygens (including phenoxy) is 1. The predicted octanol–water partition coefficient (Wildman–Crippen LogP) is 1.61. The maximum Gasteiger partial charge on any atom is 0.323 e. The first-order chi connectivity index (χ1) is 6.86. The zero-order valence-corrected chi connectivity index (χ0v) is 8.63. The number of rotatable bonds is 2. The summed E-state index contributed by atoms with van der Waals surface area (Å²) < 4.78 is 5.47. The maximum absolute atomic E-state index is 11.6. The van der Waals surface area contributed by atoms with E-state index < -0.39 is 0 Å². The first-order valence-corrected chi connectivity index (χ1v) is 5.80. The Kier molecular flexibility index (Phi) is 3.40. The topological polar surface area (TPSA) is 38.3 Å². The highest BCUT2D eigenvalue weighted by molar-refractivity contribution is 5.76. The largest absolute Gasteiger partial charge is 0.461 e. The number of nitrogens with one attached hydrogen (secondary N) is 1. The molecular formula is C11H19NO2. The zero-order chi connectivity index (χ0) is 9.80. The lowest BCUT2D eigenvalue weighted by atomic mass is 9.98. The van der Waals surface area contributed by atoms with E-state index in [1.165, 1.54) is 19.3 Å². The Hall–Kier alpha value is -0.570. The number of hydrogen-bond donors (Lipinski definition) is 1. The molecule has 0 amide bonds. The third-order valence-electron chi connectivity index (χ3n) is 3.18. The molecule has 0 aromatic heterocycles. The Morgan fingerprint density at radius 1 is 1.07 bits per heavy atom. The second-order valence-electron chi connectivity index (χ2n) is 4.35. The van der Waals surface area contributed by atoms with Gasteiger partial charge in [0.05, 0.1) is 0 Å². The molecule has 1 heterocycles. The lowest BCUT2D eigenvalue weighted by Crippen LogP contribution is -2.35. The van der Waals surface area contributed by atoms with Crippen LogP contribution in [0, 0.1) is 0 Å². The summed E-state index contributed by atoms with van der Waals surface area (Å²) >= 11 is 0. The summed E-state index contributed by atoms with van der Waals surface area (Å²) in [4.78, 5) is 11.6. The molecule has 1 unspecified atom stereocenters. The summed E-state index contributed by atoms with van der Waals surface area (Å²) in [6.45, 7) is 0.963. The fourth-order valence-corrected chi connectivity index (χ4v) is 2.32. The highest BCUT2D eigenvalue weighted by Crippen LogP contribution is 2.21. The molecule has 1 saturated heterocycles. The lowest BCUT2D eigenvalue weighted by molar-refractivity contribution is -0.152. The van der Waals surface area contributed by atoms with Crippen molar-refractivity contribution in [3.63, 3.8) is 0 Å². The van der Waals surface area contributed by atoms with Crippen LogP contribution in [0.25, 0.3) is 0 Å². The molecule has 3 nitrogen and oxygen atoms in total. The molecule has 0 radical (unpaired) electrons. The fourth-order valence-electron chi connectivity index (χ4n) is 2.32. The van der Waals surface area contributed by atoms with Crippen molar-refractivity contribution in [2.24, 2.45) is 0 Å². The van der Waals surface area contributed by atoms with E-state index in [0.29, 0.717) is 0 Å². The van der Waals surface area contributed by atoms with Crippen molar-refractivity contribution in [2.75, 3.05) is 6.54 Å². The molecule has 0 spiro atoms. The second-order valence-corrected chi connectivity index (χ2v) is 4.35. The van der Waals surface area contributed by atoms with Gasteiger partial charge in [-0.25, -0.2) is 0 Å². The van der Waals surface area contributed by atoms with E-state index in [1.807, 2.05) is 0 Å². The van der Waals surface area contributed by atoms with Gasteiger partial charge in [-0.05, 0) is 45.1 Å². The van der Waals surface area contributed by atoms with Crippen molar-refractivity contribution >= 4 is 5.97 Å². The Labute approximate surface area is 85.2 Å². The van der Waals surface area contributed by atoms with Gasteiger partial charge in [0.25, 0.3) is 0 Å². The van der Waals surface area contributed by atoms with Crippen molar-refractivity contribution in [2.45, 2.75) is 57.1 Å². The van der Waals surface area contributed by atoms with Crippen molar-refractivity contribution in [3.8, 4) is 0 Å². The SMILES string of the molecule is O=C(OC1CCCCC1)C1CCCN1. The third-order valence-corrected chi connectivity index (χ3v) is 3.18. The molecular weight excluding hydrogens is 178 g/mol. The molecule has 1 saturated carbocycles. The fraction of sp³-hybridized carbons (Fsp3) is 0.909. The molecule has 2 rings (SSSR count). The van der Waals surface area contributed by atoms with Crippen molar-refractivity contribution in [1.29, 1.82) is 0 Å². The van der Waals surface area contributed by atoms with Gasteiger partial charge < -0.3 is 10.1 Å². The van der Waals surface area contributed by atoms with E-state index in [0.717, 1.165) is 32.2 Å². The van der Waals surface area contributed by atoms with Crippen molar-refractivity contribution < 1.29 is 9.53 Å². The minimum atomic E-state index is -0.0191. The van der Waals surface area contributed by atoms with E-state index in [4.69, 9.17) is 4.74 Å². The van der Waals surface area contributed by atoms with Crippen LogP contribution < -0.4 is 5.32 Å². The lowest BCUT2D eigenvalue weighted by Gasteiger charge is -2.23. The number of esters is 1. The average Bonchev–Trinajstić information content (AvgIpc) is 2.72. The van der Waals surface area contributed by atoms with Crippen LogP contribution in [-0.4, -0.2) is 24.7 Å². The van der Waals surface area contributed by atoms with Crippen molar-refractivity contribution in [1.82, 2.24) is 5.32 Å². The summed E-state index contributed by atoms with van der Waals surface area (Å²) in [6, 6.07) is -0.0167. The molecule has 1 atom stereocenters. The number of carbonyl (C=O) groups excluding carboxylic acids is 1. The van der Waals surface area contributed by atoms with Gasteiger partial charge in [0, 0.05) is 0 Å².